The molecule has 1 saturated heterocycles. The molecular weight excluding hydrogens is 348 g/mol. The quantitative estimate of drug-likeness (QED) is 0.757. The Morgan fingerprint density at radius 1 is 1.15 bits per heavy atom. The summed E-state index contributed by atoms with van der Waals surface area (Å²) in [6.07, 6.45) is 5.30. The van der Waals surface area contributed by atoms with E-state index in [0.717, 1.165) is 42.9 Å². The Bertz CT molecular complexity index is 884. The first-order valence-corrected chi connectivity index (χ1v) is 9.09. The van der Waals surface area contributed by atoms with Crippen molar-refractivity contribution in [2.75, 3.05) is 13.1 Å². The van der Waals surface area contributed by atoms with Gasteiger partial charge in [0.2, 0.25) is 0 Å². The average molecular weight is 367 g/mol. The molecule has 132 valence electrons. The fourth-order valence-corrected chi connectivity index (χ4v) is 3.54. The van der Waals surface area contributed by atoms with Gasteiger partial charge in [0.15, 0.2) is 0 Å². The van der Waals surface area contributed by atoms with E-state index in [1.165, 1.54) is 0 Å². The zero-order valence-electron chi connectivity index (χ0n) is 14.2. The van der Waals surface area contributed by atoms with E-state index in [0.29, 0.717) is 16.5 Å². The van der Waals surface area contributed by atoms with E-state index in [1.807, 2.05) is 41.3 Å². The summed E-state index contributed by atoms with van der Waals surface area (Å²) < 4.78 is 0. The molecule has 5 nitrogen and oxygen atoms in total. The number of rotatable bonds is 3. The Morgan fingerprint density at radius 3 is 2.69 bits per heavy atom. The molecular formula is C20H19ClN4O. The summed E-state index contributed by atoms with van der Waals surface area (Å²) in [5.41, 5.74) is 3.58. The minimum absolute atomic E-state index is 0.0730. The third-order valence-corrected chi connectivity index (χ3v) is 5.10. The number of nitrogens with zero attached hydrogens (tertiary/aromatic N) is 3. The van der Waals surface area contributed by atoms with E-state index in [1.54, 1.807) is 18.5 Å². The van der Waals surface area contributed by atoms with Gasteiger partial charge in [0, 0.05) is 48.2 Å². The lowest BCUT2D eigenvalue weighted by atomic mass is 9.93. The normalized spacial score (nSPS) is 15.2. The second-order valence-electron chi connectivity index (χ2n) is 6.52. The maximum absolute atomic E-state index is 12.9. The molecule has 1 amide bonds. The van der Waals surface area contributed by atoms with Crippen LogP contribution >= 0.6 is 11.6 Å². The molecule has 1 aliphatic rings. The highest BCUT2D eigenvalue weighted by molar-refractivity contribution is 6.30. The maximum Gasteiger partial charge on any atom is 0.253 e. The van der Waals surface area contributed by atoms with Gasteiger partial charge >= 0.3 is 0 Å². The molecule has 3 heterocycles. The average Bonchev–Trinajstić information content (AvgIpc) is 3.23. The first-order chi connectivity index (χ1) is 12.7. The molecule has 0 radical (unpaired) electrons. The highest BCUT2D eigenvalue weighted by Gasteiger charge is 2.25. The van der Waals surface area contributed by atoms with Crippen LogP contribution < -0.4 is 0 Å². The summed E-state index contributed by atoms with van der Waals surface area (Å²) in [7, 11) is 0. The first kappa shape index (κ1) is 16.8. The number of nitrogens with one attached hydrogen (secondary N) is 1. The minimum atomic E-state index is 0.0730. The zero-order chi connectivity index (χ0) is 17.9. The number of aromatic amines is 1. The lowest BCUT2D eigenvalue weighted by molar-refractivity contribution is 0.0712. The van der Waals surface area contributed by atoms with Gasteiger partial charge in [0.05, 0.1) is 10.7 Å². The van der Waals surface area contributed by atoms with Crippen molar-refractivity contribution < 1.29 is 4.79 Å². The van der Waals surface area contributed by atoms with Gasteiger partial charge in [-0.2, -0.15) is 5.10 Å². The third kappa shape index (κ3) is 3.48. The molecule has 2 aromatic heterocycles. The molecule has 26 heavy (non-hydrogen) atoms. The molecule has 1 aliphatic heterocycles. The number of benzene rings is 1. The molecule has 3 aromatic rings. The Hall–Kier alpha value is -2.66. The summed E-state index contributed by atoms with van der Waals surface area (Å²) in [4.78, 5) is 19.2. The Morgan fingerprint density at radius 2 is 2.00 bits per heavy atom. The zero-order valence-corrected chi connectivity index (χ0v) is 15.0. The highest BCUT2D eigenvalue weighted by atomic mass is 35.5. The molecule has 6 heteroatoms. The third-order valence-electron chi connectivity index (χ3n) is 4.88. The van der Waals surface area contributed by atoms with Gasteiger partial charge < -0.3 is 4.90 Å². The Balaban J connectivity index is 1.47. The number of H-pyrrole nitrogens is 1. The number of carbonyl (C=O) groups excluding carboxylic acids is 1. The monoisotopic (exact) mass is 366 g/mol. The van der Waals surface area contributed by atoms with Crippen LogP contribution in [0.4, 0.5) is 0 Å². The molecule has 0 saturated carbocycles. The largest absolute Gasteiger partial charge is 0.339 e. The van der Waals surface area contributed by atoms with Crippen LogP contribution in [-0.2, 0) is 0 Å². The van der Waals surface area contributed by atoms with Crippen LogP contribution in [0.3, 0.4) is 0 Å². The topological polar surface area (TPSA) is 61.9 Å². The van der Waals surface area contributed by atoms with Crippen LogP contribution in [0.5, 0.6) is 0 Å². The molecule has 0 bridgehead atoms. The number of hydrogen-bond donors (Lipinski definition) is 1. The summed E-state index contributed by atoms with van der Waals surface area (Å²) in [6.45, 7) is 1.51. The fraction of sp³-hybridized carbons (Fsp3) is 0.250. The van der Waals surface area contributed by atoms with Crippen LogP contribution in [0, 0.1) is 0 Å². The van der Waals surface area contributed by atoms with Gasteiger partial charge in [0.25, 0.3) is 5.91 Å². The molecule has 0 atom stereocenters. The van der Waals surface area contributed by atoms with Crippen LogP contribution in [0.1, 0.15) is 34.8 Å². The molecule has 1 aromatic carbocycles. The van der Waals surface area contributed by atoms with Gasteiger partial charge in [-0.1, -0.05) is 23.7 Å². The molecule has 1 N–H and O–H groups in total. The number of halogens is 1. The van der Waals surface area contributed by atoms with Gasteiger partial charge in [-0.15, -0.1) is 0 Å². The molecule has 0 unspecified atom stereocenters. The van der Waals surface area contributed by atoms with E-state index in [4.69, 9.17) is 11.6 Å². The second kappa shape index (κ2) is 7.30. The van der Waals surface area contributed by atoms with Gasteiger partial charge in [-0.3, -0.25) is 14.9 Å². The van der Waals surface area contributed by atoms with Gasteiger partial charge in [-0.25, -0.2) is 0 Å². The molecule has 4 rings (SSSR count). The number of carbonyl (C=O) groups is 1. The molecule has 0 aliphatic carbocycles. The van der Waals surface area contributed by atoms with Gasteiger partial charge in [0.1, 0.15) is 0 Å². The number of pyridine rings is 1. The lowest BCUT2D eigenvalue weighted by Gasteiger charge is -2.31. The van der Waals surface area contributed by atoms with Crippen molar-refractivity contribution in [3.05, 3.63) is 71.1 Å². The van der Waals surface area contributed by atoms with E-state index >= 15 is 0 Å². The summed E-state index contributed by atoms with van der Waals surface area (Å²) >= 11 is 5.90. The lowest BCUT2D eigenvalue weighted by Crippen LogP contribution is -2.38. The number of hydrogen-bond acceptors (Lipinski definition) is 3. The first-order valence-electron chi connectivity index (χ1n) is 8.71. The van der Waals surface area contributed by atoms with Crippen LogP contribution in [-0.4, -0.2) is 39.1 Å². The van der Waals surface area contributed by atoms with E-state index in [9.17, 15) is 4.79 Å². The van der Waals surface area contributed by atoms with E-state index in [2.05, 4.69) is 15.2 Å². The number of amides is 1. The van der Waals surface area contributed by atoms with Crippen molar-refractivity contribution in [3.8, 4) is 11.3 Å². The molecule has 0 spiro atoms. The Kier molecular flexibility index (Phi) is 4.71. The standard InChI is InChI=1S/C20H19ClN4O/c21-17-4-5-18(22-13-17)15-2-1-3-16(12-15)20(26)25-10-7-14(8-11-25)19-6-9-23-24-19/h1-6,9,12-14H,7-8,10-11H2,(H,23,24). The van der Waals surface area contributed by atoms with Crippen molar-refractivity contribution in [2.45, 2.75) is 18.8 Å². The van der Waals surface area contributed by atoms with Crippen molar-refractivity contribution in [1.29, 1.82) is 0 Å². The predicted octanol–water partition coefficient (Wildman–Crippen LogP) is 4.14. The summed E-state index contributed by atoms with van der Waals surface area (Å²) in [5.74, 6) is 0.523. The highest BCUT2D eigenvalue weighted by Crippen LogP contribution is 2.27. The molecule has 1 fully saturated rings. The van der Waals surface area contributed by atoms with Crippen molar-refractivity contribution in [3.63, 3.8) is 0 Å². The maximum atomic E-state index is 12.9. The smallest absolute Gasteiger partial charge is 0.253 e. The second-order valence-corrected chi connectivity index (χ2v) is 6.96. The Labute approximate surface area is 157 Å². The summed E-state index contributed by atoms with van der Waals surface area (Å²) in [6, 6.07) is 13.3. The van der Waals surface area contributed by atoms with Crippen LogP contribution in [0.15, 0.2) is 54.9 Å². The number of likely N-dealkylation sites (tertiary alicyclic amines) is 1. The van der Waals surface area contributed by atoms with Crippen LogP contribution in [0.25, 0.3) is 11.3 Å². The van der Waals surface area contributed by atoms with Crippen LogP contribution in [0.2, 0.25) is 5.02 Å². The fourth-order valence-electron chi connectivity index (χ4n) is 3.43. The van der Waals surface area contributed by atoms with Crippen molar-refractivity contribution in [2.24, 2.45) is 0 Å². The SMILES string of the molecule is O=C(c1cccc(-c2ccc(Cl)cn2)c1)N1CCC(c2ccn[nH]2)CC1. The van der Waals surface area contributed by atoms with E-state index < -0.39 is 0 Å². The van der Waals surface area contributed by atoms with Crippen molar-refractivity contribution in [1.82, 2.24) is 20.1 Å². The predicted molar refractivity (Wildman–Crippen MR) is 101 cm³/mol. The minimum Gasteiger partial charge on any atom is -0.339 e. The summed E-state index contributed by atoms with van der Waals surface area (Å²) in [5, 5.41) is 7.66. The number of aromatic nitrogens is 3. The number of piperidine rings is 1. The van der Waals surface area contributed by atoms with E-state index in [-0.39, 0.29) is 5.91 Å². The van der Waals surface area contributed by atoms with Gasteiger partial charge in [-0.05, 0) is 43.2 Å². The van der Waals surface area contributed by atoms with Crippen molar-refractivity contribution >= 4 is 17.5 Å².